The molecule has 0 aliphatic heterocycles. The van der Waals surface area contributed by atoms with E-state index in [1.807, 2.05) is 6.07 Å². The quantitative estimate of drug-likeness (QED) is 0.721. The van der Waals surface area contributed by atoms with E-state index in [0.717, 1.165) is 16.5 Å². The topological polar surface area (TPSA) is 87.9 Å². The van der Waals surface area contributed by atoms with Gasteiger partial charge in [-0.1, -0.05) is 0 Å². The zero-order valence-electron chi connectivity index (χ0n) is 14.7. The predicted octanol–water partition coefficient (Wildman–Crippen LogP) is 3.36. The lowest BCUT2D eigenvalue weighted by Gasteiger charge is -2.15. The van der Waals surface area contributed by atoms with Gasteiger partial charge in [0.25, 0.3) is 5.56 Å². The van der Waals surface area contributed by atoms with Crippen LogP contribution in [0, 0.1) is 10.7 Å². The number of pyridine rings is 1. The number of fused-ring (bicyclic) bond motifs is 1. The van der Waals surface area contributed by atoms with Gasteiger partial charge in [0.15, 0.2) is 0 Å². The maximum absolute atomic E-state index is 12.3. The van der Waals surface area contributed by atoms with Crippen LogP contribution >= 0.6 is 0 Å². The Kier molecular flexibility index (Phi) is 3.91. The maximum Gasteiger partial charge on any atom is 0.274 e. The highest BCUT2D eigenvalue weighted by molar-refractivity contribution is 7.91. The van der Waals surface area contributed by atoms with Crippen LogP contribution < -0.4 is 10.3 Å². The molecule has 26 heavy (non-hydrogen) atoms. The summed E-state index contributed by atoms with van der Waals surface area (Å²) in [6.45, 7) is 0.650. The number of hydrogen-bond acceptors (Lipinski definition) is 4. The van der Waals surface area contributed by atoms with E-state index in [2.05, 4.69) is 4.98 Å². The smallest absolute Gasteiger partial charge is 0.274 e. The van der Waals surface area contributed by atoms with E-state index >= 15 is 0 Å². The van der Waals surface area contributed by atoms with Gasteiger partial charge >= 0.3 is 0 Å². The van der Waals surface area contributed by atoms with Crippen LogP contribution in [0.1, 0.15) is 12.8 Å². The zero-order valence-corrected chi connectivity index (χ0v) is 15.6. The van der Waals surface area contributed by atoms with Gasteiger partial charge in [-0.05, 0) is 43.0 Å². The Hall–Kier alpha value is -2.54. The van der Waals surface area contributed by atoms with E-state index in [-0.39, 0.29) is 5.56 Å². The van der Waals surface area contributed by atoms with Crippen molar-refractivity contribution in [3.63, 3.8) is 0 Å². The van der Waals surface area contributed by atoms with E-state index < -0.39 is 9.73 Å². The number of hydrogen-bond donors (Lipinski definition) is 2. The highest BCUT2D eigenvalue weighted by Crippen LogP contribution is 2.37. The van der Waals surface area contributed by atoms with Gasteiger partial charge in [0.05, 0.1) is 16.3 Å². The fourth-order valence-corrected chi connectivity index (χ4v) is 3.73. The molecule has 2 aromatic heterocycles. The number of aryl methyl sites for hydroxylation is 1. The first kappa shape index (κ1) is 16.9. The minimum atomic E-state index is -2.86. The molecule has 0 radical (unpaired) electrons. The first-order valence-electron chi connectivity index (χ1n) is 8.52. The summed E-state index contributed by atoms with van der Waals surface area (Å²) in [5, 5.41) is 0.786. The van der Waals surface area contributed by atoms with Crippen LogP contribution in [-0.4, -0.2) is 26.6 Å². The van der Waals surface area contributed by atoms with E-state index in [1.165, 1.54) is 23.7 Å². The molecule has 1 saturated carbocycles. The lowest BCUT2D eigenvalue weighted by atomic mass is 10.0. The Morgan fingerprint density at radius 1 is 1.31 bits per heavy atom. The summed E-state index contributed by atoms with van der Waals surface area (Å²) in [5.41, 5.74) is 1.99. The first-order chi connectivity index (χ1) is 12.3. The Balaban J connectivity index is 1.94. The summed E-state index contributed by atoms with van der Waals surface area (Å²) in [7, 11) is -1.16. The maximum atomic E-state index is 12.3. The number of rotatable bonds is 5. The van der Waals surface area contributed by atoms with Crippen molar-refractivity contribution in [2.75, 3.05) is 12.9 Å². The second kappa shape index (κ2) is 6.02. The van der Waals surface area contributed by atoms with Crippen molar-refractivity contribution in [1.82, 2.24) is 9.55 Å². The monoisotopic (exact) mass is 371 g/mol. The number of H-pyrrole nitrogens is 1. The molecule has 3 aromatic rings. The fourth-order valence-electron chi connectivity index (χ4n) is 3.06. The highest BCUT2D eigenvalue weighted by Gasteiger charge is 2.23. The molecule has 1 aromatic carbocycles. The van der Waals surface area contributed by atoms with Gasteiger partial charge in [-0.3, -0.25) is 4.79 Å². The molecule has 1 fully saturated rings. The van der Waals surface area contributed by atoms with E-state index in [9.17, 15) is 9.00 Å². The molecule has 7 heteroatoms. The van der Waals surface area contributed by atoms with Gasteiger partial charge in [0, 0.05) is 47.1 Å². The molecule has 136 valence electrons. The van der Waals surface area contributed by atoms with Crippen molar-refractivity contribution in [2.24, 2.45) is 13.0 Å². The summed E-state index contributed by atoms with van der Waals surface area (Å²) in [5.74, 6) is 1.28. The summed E-state index contributed by atoms with van der Waals surface area (Å²) >= 11 is 0. The Labute approximate surface area is 151 Å². The molecule has 1 atom stereocenters. The van der Waals surface area contributed by atoms with Gasteiger partial charge in [-0.15, -0.1) is 0 Å². The Morgan fingerprint density at radius 3 is 2.77 bits per heavy atom. The molecule has 1 aliphatic carbocycles. The van der Waals surface area contributed by atoms with E-state index in [0.29, 0.717) is 28.7 Å². The second-order valence-corrected chi connectivity index (χ2v) is 9.14. The molecule has 1 unspecified atom stereocenters. The minimum absolute atomic E-state index is 0.106. The molecule has 2 N–H and O–H groups in total. The van der Waals surface area contributed by atoms with Crippen LogP contribution in [0.5, 0.6) is 5.75 Å². The highest BCUT2D eigenvalue weighted by atomic mass is 32.2. The number of benzene rings is 1. The lowest BCUT2D eigenvalue weighted by Crippen LogP contribution is -2.16. The molecule has 0 spiro atoms. The van der Waals surface area contributed by atoms with Gasteiger partial charge in [-0.25, -0.2) is 8.99 Å². The standard InChI is InChI=1S/C19H21N3O3S/c1-22-10-16(14-7-8-21-18(14)19(22)23)15-9-13(26(2,20)24)5-6-17(15)25-11-12-3-4-12/h5-10,12,20-21H,3-4,11H2,1-2H3. The molecule has 2 heterocycles. The van der Waals surface area contributed by atoms with Crippen LogP contribution in [0.3, 0.4) is 0 Å². The Bertz CT molecular complexity index is 1150. The molecule has 0 saturated heterocycles. The second-order valence-electron chi connectivity index (χ2n) is 6.98. The van der Waals surface area contributed by atoms with Crippen LogP contribution in [0.2, 0.25) is 0 Å². The largest absolute Gasteiger partial charge is 0.493 e. The molecule has 1 aliphatic rings. The SMILES string of the molecule is Cn1cc(-c2cc(S(C)(=N)=O)ccc2OCC2CC2)c2cc[nH]c2c1=O. The minimum Gasteiger partial charge on any atom is -0.493 e. The zero-order chi connectivity index (χ0) is 18.5. The molecule has 6 nitrogen and oxygen atoms in total. The molecular weight excluding hydrogens is 350 g/mol. The van der Waals surface area contributed by atoms with Crippen molar-refractivity contribution in [1.29, 1.82) is 4.78 Å². The third kappa shape index (κ3) is 3.03. The third-order valence-corrected chi connectivity index (χ3v) is 5.91. The number of nitrogens with zero attached hydrogens (tertiary/aromatic N) is 1. The summed E-state index contributed by atoms with van der Waals surface area (Å²) in [4.78, 5) is 15.8. The number of aromatic nitrogens is 2. The van der Waals surface area contributed by atoms with Crippen molar-refractivity contribution in [3.8, 4) is 16.9 Å². The molecule has 4 rings (SSSR count). The first-order valence-corrected chi connectivity index (χ1v) is 10.5. The lowest BCUT2D eigenvalue weighted by molar-refractivity contribution is 0.301. The van der Waals surface area contributed by atoms with Crippen LogP contribution in [0.15, 0.2) is 46.3 Å². The fraction of sp³-hybridized carbons (Fsp3) is 0.316. The van der Waals surface area contributed by atoms with Gasteiger partial charge < -0.3 is 14.3 Å². The summed E-state index contributed by atoms with van der Waals surface area (Å²) in [6.07, 6.45) is 7.28. The van der Waals surface area contributed by atoms with Gasteiger partial charge in [-0.2, -0.15) is 0 Å². The predicted molar refractivity (Wildman–Crippen MR) is 102 cm³/mol. The molecular formula is C19H21N3O3S. The molecule has 0 bridgehead atoms. The average molecular weight is 371 g/mol. The van der Waals surface area contributed by atoms with Gasteiger partial charge in [0.2, 0.25) is 0 Å². The van der Waals surface area contributed by atoms with Gasteiger partial charge in [0.1, 0.15) is 11.3 Å². The summed E-state index contributed by atoms with van der Waals surface area (Å²) < 4.78 is 27.7. The van der Waals surface area contributed by atoms with Crippen LogP contribution in [-0.2, 0) is 16.8 Å². The third-order valence-electron chi connectivity index (χ3n) is 4.76. The van der Waals surface area contributed by atoms with Crippen molar-refractivity contribution >= 4 is 20.6 Å². The number of aromatic amines is 1. The van der Waals surface area contributed by atoms with E-state index in [1.54, 1.807) is 37.6 Å². The number of ether oxygens (including phenoxy) is 1. The van der Waals surface area contributed by atoms with E-state index in [4.69, 9.17) is 9.52 Å². The molecule has 0 amide bonds. The van der Waals surface area contributed by atoms with Crippen molar-refractivity contribution < 1.29 is 8.95 Å². The average Bonchev–Trinajstić information content (AvgIpc) is 3.29. The Morgan fingerprint density at radius 2 is 2.08 bits per heavy atom. The summed E-state index contributed by atoms with van der Waals surface area (Å²) in [6, 6.07) is 7.09. The van der Waals surface area contributed by atoms with Crippen molar-refractivity contribution in [3.05, 3.63) is 47.0 Å². The van der Waals surface area contributed by atoms with Crippen molar-refractivity contribution in [2.45, 2.75) is 17.7 Å². The van der Waals surface area contributed by atoms with Crippen LogP contribution in [0.4, 0.5) is 0 Å². The van der Waals surface area contributed by atoms with Crippen LogP contribution in [0.25, 0.3) is 22.0 Å². The number of nitrogens with one attached hydrogen (secondary N) is 2. The normalized spacial score (nSPS) is 16.5.